The normalized spacial score (nSPS) is 19.5. The maximum Gasteiger partial charge on any atom is 0.226 e. The van der Waals surface area contributed by atoms with Crippen molar-refractivity contribution in [3.63, 3.8) is 0 Å². The second kappa shape index (κ2) is 6.68. The van der Waals surface area contributed by atoms with Crippen LogP contribution in [0.15, 0.2) is 24.3 Å². The summed E-state index contributed by atoms with van der Waals surface area (Å²) in [6.45, 7) is 4.20. The van der Waals surface area contributed by atoms with Gasteiger partial charge in [0.05, 0.1) is 13.0 Å². The second-order valence-corrected chi connectivity index (χ2v) is 5.34. The molecule has 1 aromatic carbocycles. The van der Waals surface area contributed by atoms with E-state index in [0.717, 1.165) is 31.5 Å². The molecule has 1 heterocycles. The van der Waals surface area contributed by atoms with Gasteiger partial charge < -0.3 is 9.74 Å². The third-order valence-electron chi connectivity index (χ3n) is 3.68. The first kappa shape index (κ1) is 14.0. The molecule has 0 saturated carbocycles. The maximum absolute atomic E-state index is 12.3. The van der Waals surface area contributed by atoms with Gasteiger partial charge in [-0.1, -0.05) is 29.8 Å². The maximum atomic E-state index is 12.3. The molecule has 0 radical (unpaired) electrons. The molecule has 4 nitrogen and oxygen atoms in total. The van der Waals surface area contributed by atoms with E-state index >= 15 is 0 Å². The molecular formula is C15H22N2O2. The van der Waals surface area contributed by atoms with Crippen LogP contribution < -0.4 is 5.90 Å². The third-order valence-corrected chi connectivity index (χ3v) is 3.68. The molecule has 1 aliphatic rings. The highest BCUT2D eigenvalue weighted by Gasteiger charge is 2.23. The largest absolute Gasteiger partial charge is 0.342 e. The number of likely N-dealkylation sites (tertiary alicyclic amines) is 1. The zero-order valence-electron chi connectivity index (χ0n) is 11.5. The van der Waals surface area contributed by atoms with Gasteiger partial charge in [0.2, 0.25) is 5.91 Å². The molecule has 0 aromatic heterocycles. The van der Waals surface area contributed by atoms with Crippen molar-refractivity contribution in [1.82, 2.24) is 4.90 Å². The van der Waals surface area contributed by atoms with Crippen molar-refractivity contribution in [3.8, 4) is 0 Å². The predicted octanol–water partition coefficient (Wildman–Crippen LogP) is 1.67. The average Bonchev–Trinajstić information content (AvgIpc) is 2.42. The Labute approximate surface area is 114 Å². The number of hydrogen-bond donors (Lipinski definition) is 1. The SMILES string of the molecule is Cc1ccc(CC(=O)N2CCCC(CON)C2)cc1. The van der Waals surface area contributed by atoms with Crippen molar-refractivity contribution in [2.45, 2.75) is 26.2 Å². The van der Waals surface area contributed by atoms with E-state index in [9.17, 15) is 4.79 Å². The number of carbonyl (C=O) groups is 1. The fourth-order valence-electron chi connectivity index (χ4n) is 2.56. The molecule has 1 unspecified atom stereocenters. The Hall–Kier alpha value is -1.39. The van der Waals surface area contributed by atoms with Crippen LogP contribution in [0.4, 0.5) is 0 Å². The lowest BCUT2D eigenvalue weighted by Crippen LogP contribution is -2.42. The van der Waals surface area contributed by atoms with Crippen LogP contribution in [0, 0.1) is 12.8 Å². The highest BCUT2D eigenvalue weighted by Crippen LogP contribution is 2.17. The topological polar surface area (TPSA) is 55.6 Å². The number of aryl methyl sites for hydroxylation is 1. The van der Waals surface area contributed by atoms with Crippen LogP contribution in [-0.4, -0.2) is 30.5 Å². The summed E-state index contributed by atoms with van der Waals surface area (Å²) in [5.74, 6) is 5.69. The number of nitrogens with zero attached hydrogens (tertiary/aromatic N) is 1. The van der Waals surface area contributed by atoms with E-state index in [0.29, 0.717) is 18.9 Å². The predicted molar refractivity (Wildman–Crippen MR) is 74.3 cm³/mol. The zero-order chi connectivity index (χ0) is 13.7. The van der Waals surface area contributed by atoms with Gasteiger partial charge in [0.25, 0.3) is 0 Å². The number of piperidine rings is 1. The van der Waals surface area contributed by atoms with Gasteiger partial charge in [-0.25, -0.2) is 5.90 Å². The first-order valence-corrected chi connectivity index (χ1v) is 6.84. The summed E-state index contributed by atoms with van der Waals surface area (Å²) in [4.78, 5) is 18.9. The van der Waals surface area contributed by atoms with Crippen molar-refractivity contribution >= 4 is 5.91 Å². The van der Waals surface area contributed by atoms with E-state index in [1.807, 2.05) is 36.1 Å². The van der Waals surface area contributed by atoms with Crippen LogP contribution in [0.1, 0.15) is 24.0 Å². The standard InChI is InChI=1S/C15H22N2O2/c1-12-4-6-13(7-5-12)9-15(18)17-8-2-3-14(10-17)11-19-16/h4-7,14H,2-3,8-11,16H2,1H3. The fourth-order valence-corrected chi connectivity index (χ4v) is 2.56. The Kier molecular flexibility index (Phi) is 4.93. The van der Waals surface area contributed by atoms with Crippen LogP contribution in [0.25, 0.3) is 0 Å². The summed E-state index contributed by atoms with van der Waals surface area (Å²) >= 11 is 0. The molecule has 104 valence electrons. The van der Waals surface area contributed by atoms with Crippen LogP contribution in [0.2, 0.25) is 0 Å². The molecule has 0 bridgehead atoms. The summed E-state index contributed by atoms with van der Waals surface area (Å²) in [5.41, 5.74) is 2.29. The summed E-state index contributed by atoms with van der Waals surface area (Å²) in [6.07, 6.45) is 2.61. The van der Waals surface area contributed by atoms with Gasteiger partial charge in [-0.3, -0.25) is 4.79 Å². The summed E-state index contributed by atoms with van der Waals surface area (Å²) in [6, 6.07) is 8.14. The smallest absolute Gasteiger partial charge is 0.226 e. The lowest BCUT2D eigenvalue weighted by atomic mass is 9.98. The summed E-state index contributed by atoms with van der Waals surface area (Å²) in [5, 5.41) is 0. The van der Waals surface area contributed by atoms with E-state index in [1.54, 1.807) is 0 Å². The molecule has 0 aliphatic carbocycles. The van der Waals surface area contributed by atoms with Crippen LogP contribution in [0.5, 0.6) is 0 Å². The molecule has 0 spiro atoms. The Morgan fingerprint density at radius 1 is 1.42 bits per heavy atom. The fraction of sp³-hybridized carbons (Fsp3) is 0.533. The highest BCUT2D eigenvalue weighted by molar-refractivity contribution is 5.78. The van der Waals surface area contributed by atoms with Gasteiger partial charge in [-0.15, -0.1) is 0 Å². The number of benzene rings is 1. The second-order valence-electron chi connectivity index (χ2n) is 5.34. The molecule has 1 amide bonds. The van der Waals surface area contributed by atoms with Gasteiger partial charge in [0.15, 0.2) is 0 Å². The Morgan fingerprint density at radius 3 is 2.84 bits per heavy atom. The van der Waals surface area contributed by atoms with E-state index in [-0.39, 0.29) is 5.91 Å². The van der Waals surface area contributed by atoms with E-state index in [2.05, 4.69) is 0 Å². The van der Waals surface area contributed by atoms with Crippen LogP contribution >= 0.6 is 0 Å². The van der Waals surface area contributed by atoms with E-state index < -0.39 is 0 Å². The van der Waals surface area contributed by atoms with Gasteiger partial charge in [0.1, 0.15) is 0 Å². The van der Waals surface area contributed by atoms with Crippen LogP contribution in [0.3, 0.4) is 0 Å². The minimum absolute atomic E-state index is 0.200. The molecule has 1 aromatic rings. The summed E-state index contributed by atoms with van der Waals surface area (Å²) < 4.78 is 0. The zero-order valence-corrected chi connectivity index (χ0v) is 11.5. The lowest BCUT2D eigenvalue weighted by Gasteiger charge is -2.32. The number of carbonyl (C=O) groups excluding carboxylic acids is 1. The first-order chi connectivity index (χ1) is 9.19. The van der Waals surface area contributed by atoms with Gasteiger partial charge in [-0.05, 0) is 25.3 Å². The van der Waals surface area contributed by atoms with Crippen LogP contribution in [-0.2, 0) is 16.1 Å². The molecule has 19 heavy (non-hydrogen) atoms. The Balaban J connectivity index is 1.90. The molecule has 4 heteroatoms. The minimum atomic E-state index is 0.200. The number of hydrogen-bond acceptors (Lipinski definition) is 3. The first-order valence-electron chi connectivity index (χ1n) is 6.84. The third kappa shape index (κ3) is 4.04. The quantitative estimate of drug-likeness (QED) is 0.840. The molecule has 1 saturated heterocycles. The number of rotatable bonds is 4. The van der Waals surface area contributed by atoms with Crippen molar-refractivity contribution in [2.24, 2.45) is 11.8 Å². The molecule has 1 atom stereocenters. The average molecular weight is 262 g/mol. The number of amides is 1. The van der Waals surface area contributed by atoms with Gasteiger partial charge in [-0.2, -0.15) is 0 Å². The molecule has 2 rings (SSSR count). The Bertz CT molecular complexity index is 415. The molecule has 1 aliphatic heterocycles. The van der Waals surface area contributed by atoms with Gasteiger partial charge in [0, 0.05) is 19.0 Å². The highest BCUT2D eigenvalue weighted by atomic mass is 16.6. The van der Waals surface area contributed by atoms with E-state index in [4.69, 9.17) is 10.7 Å². The lowest BCUT2D eigenvalue weighted by molar-refractivity contribution is -0.132. The Morgan fingerprint density at radius 2 is 2.16 bits per heavy atom. The minimum Gasteiger partial charge on any atom is -0.342 e. The van der Waals surface area contributed by atoms with Crippen molar-refractivity contribution < 1.29 is 9.63 Å². The molecule has 1 fully saturated rings. The van der Waals surface area contributed by atoms with Crippen molar-refractivity contribution in [1.29, 1.82) is 0 Å². The monoisotopic (exact) mass is 262 g/mol. The van der Waals surface area contributed by atoms with Crippen molar-refractivity contribution in [3.05, 3.63) is 35.4 Å². The van der Waals surface area contributed by atoms with Crippen molar-refractivity contribution in [2.75, 3.05) is 19.7 Å². The molecular weight excluding hydrogens is 240 g/mol. The molecule has 2 N–H and O–H groups in total. The van der Waals surface area contributed by atoms with Gasteiger partial charge >= 0.3 is 0 Å². The number of nitrogens with two attached hydrogens (primary N) is 1. The van der Waals surface area contributed by atoms with E-state index in [1.165, 1.54) is 5.56 Å². The summed E-state index contributed by atoms with van der Waals surface area (Å²) in [7, 11) is 0.